The molecular weight excluding hydrogens is 318 g/mol. The summed E-state index contributed by atoms with van der Waals surface area (Å²) in [6, 6.07) is 18.4. The Morgan fingerprint density at radius 3 is 1.27 bits per heavy atom. The minimum absolute atomic E-state index is 0.0727. The molecule has 6 heteroatoms. The highest BCUT2D eigenvalue weighted by Gasteiger charge is 2.34. The molecule has 2 N–H and O–H groups in total. The number of hydrogen-bond donors (Lipinski definition) is 2. The summed E-state index contributed by atoms with van der Waals surface area (Å²) in [6.45, 7) is 0. The zero-order chi connectivity index (χ0) is 15.9. The van der Waals surface area contributed by atoms with Gasteiger partial charge in [-0.15, -0.1) is 0 Å². The van der Waals surface area contributed by atoms with Crippen LogP contribution in [-0.2, 0) is 9.59 Å². The lowest BCUT2D eigenvalue weighted by atomic mass is 10.3. The van der Waals surface area contributed by atoms with Crippen LogP contribution in [0.3, 0.4) is 0 Å². The minimum Gasteiger partial charge on any atom is -0.481 e. The van der Waals surface area contributed by atoms with Gasteiger partial charge in [0.25, 0.3) is 0 Å². The molecule has 0 fully saturated rings. The second-order valence-corrected chi connectivity index (χ2v) is 7.63. The highest BCUT2D eigenvalue weighted by Crippen LogP contribution is 2.33. The molecule has 4 nitrogen and oxygen atoms in total. The number of benzene rings is 2. The molecule has 0 aliphatic heterocycles. The molecule has 0 saturated heterocycles. The number of carboxylic acids is 2. The van der Waals surface area contributed by atoms with E-state index < -0.39 is 23.3 Å². The Hall–Kier alpha value is -1.76. The van der Waals surface area contributed by atoms with Crippen molar-refractivity contribution >= 4 is 39.7 Å². The van der Waals surface area contributed by atoms with E-state index in [0.717, 1.165) is 10.6 Å². The van der Waals surface area contributed by atoms with Crippen LogP contribution < -0.4 is 10.6 Å². The van der Waals surface area contributed by atoms with Crippen LogP contribution >= 0.6 is 17.2 Å². The molecule has 0 amide bonds. The van der Waals surface area contributed by atoms with Gasteiger partial charge in [-0.3, -0.25) is 9.59 Å². The van der Waals surface area contributed by atoms with Gasteiger partial charge in [-0.25, -0.2) is 0 Å². The van der Waals surface area contributed by atoms with Crippen molar-refractivity contribution in [2.75, 3.05) is 0 Å². The predicted octanol–water partition coefficient (Wildman–Crippen LogP) is 1.90. The normalized spacial score (nSPS) is 14.4. The van der Waals surface area contributed by atoms with Gasteiger partial charge in [0.2, 0.25) is 0 Å². The van der Waals surface area contributed by atoms with E-state index in [0.29, 0.717) is 0 Å². The summed E-state index contributed by atoms with van der Waals surface area (Å²) in [5.41, 5.74) is -1.84. The van der Waals surface area contributed by atoms with Crippen LogP contribution in [-0.4, -0.2) is 33.5 Å². The maximum absolute atomic E-state index is 11.6. The van der Waals surface area contributed by atoms with Crippen LogP contribution in [0.5, 0.6) is 0 Å². The van der Waals surface area contributed by atoms with Crippen molar-refractivity contribution in [3.05, 3.63) is 60.7 Å². The molecule has 0 aliphatic carbocycles. The molecule has 2 rings (SSSR count). The van der Waals surface area contributed by atoms with Crippen LogP contribution in [0.2, 0.25) is 0 Å². The number of carbonyl (C=O) groups is 2. The summed E-state index contributed by atoms with van der Waals surface area (Å²) in [6.07, 6.45) is 0. The topological polar surface area (TPSA) is 74.6 Å². The first-order valence-electron chi connectivity index (χ1n) is 6.66. The van der Waals surface area contributed by atoms with Crippen LogP contribution in [0.25, 0.3) is 0 Å². The number of aliphatic carboxylic acids is 2. The molecule has 4 atom stereocenters. The number of hydrogen-bond acceptors (Lipinski definition) is 2. The van der Waals surface area contributed by atoms with Gasteiger partial charge >= 0.3 is 11.9 Å². The lowest BCUT2D eigenvalue weighted by molar-refractivity contribution is -0.142. The number of carboxylic acid groups (broad SMARTS) is 2. The second kappa shape index (κ2) is 8.03. The summed E-state index contributed by atoms with van der Waals surface area (Å²) in [4.78, 5) is 23.2. The van der Waals surface area contributed by atoms with Gasteiger partial charge < -0.3 is 10.2 Å². The van der Waals surface area contributed by atoms with Gasteiger partial charge in [0.05, 0.1) is 11.3 Å². The second-order valence-electron chi connectivity index (χ2n) is 4.65. The van der Waals surface area contributed by atoms with Crippen molar-refractivity contribution in [2.24, 2.45) is 0 Å². The first-order valence-corrected chi connectivity index (χ1v) is 8.82. The Kier molecular flexibility index (Phi) is 6.06. The van der Waals surface area contributed by atoms with E-state index in [4.69, 9.17) is 0 Å². The van der Waals surface area contributed by atoms with Crippen molar-refractivity contribution in [3.8, 4) is 0 Å². The van der Waals surface area contributed by atoms with E-state index in [9.17, 15) is 19.8 Å². The Morgan fingerprint density at radius 2 is 1.00 bits per heavy atom. The average Bonchev–Trinajstić information content (AvgIpc) is 2.52. The molecule has 0 spiro atoms. The third-order valence-electron chi connectivity index (χ3n) is 3.06. The van der Waals surface area contributed by atoms with Crippen LogP contribution in [0.4, 0.5) is 0 Å². The minimum atomic E-state index is -1.06. The molecule has 0 aromatic heterocycles. The first-order chi connectivity index (χ1) is 10.6. The standard InChI is InChI=1S/C16H16O4P2/c17-15(18)13(21-11-7-3-1-4-8-11)14(16(19)20)22-12-9-5-2-6-10-12/h1-10,13-14,21-22H,(H,17,18)(H,19,20). The zero-order valence-corrected chi connectivity index (χ0v) is 13.6. The molecule has 0 radical (unpaired) electrons. The van der Waals surface area contributed by atoms with Crippen molar-refractivity contribution in [2.45, 2.75) is 11.3 Å². The monoisotopic (exact) mass is 334 g/mol. The van der Waals surface area contributed by atoms with E-state index >= 15 is 0 Å². The lowest BCUT2D eigenvalue weighted by Gasteiger charge is -2.20. The fourth-order valence-electron chi connectivity index (χ4n) is 2.00. The Labute approximate surface area is 132 Å². The highest BCUT2D eigenvalue weighted by molar-refractivity contribution is 7.54. The Balaban J connectivity index is 2.22. The summed E-state index contributed by atoms with van der Waals surface area (Å²) in [7, 11) is -0.145. The summed E-state index contributed by atoms with van der Waals surface area (Å²) >= 11 is 0. The van der Waals surface area contributed by atoms with Crippen LogP contribution in [0.1, 0.15) is 0 Å². The van der Waals surface area contributed by atoms with Gasteiger partial charge in [-0.1, -0.05) is 77.8 Å². The van der Waals surface area contributed by atoms with Gasteiger partial charge in [-0.05, 0) is 10.6 Å². The van der Waals surface area contributed by atoms with Crippen LogP contribution in [0.15, 0.2) is 60.7 Å². The quantitative estimate of drug-likeness (QED) is 0.759. The summed E-state index contributed by atoms with van der Waals surface area (Å²) in [5.74, 6) is -2.11. The molecule has 22 heavy (non-hydrogen) atoms. The van der Waals surface area contributed by atoms with E-state index in [2.05, 4.69) is 0 Å². The third kappa shape index (κ3) is 4.62. The summed E-state index contributed by atoms with van der Waals surface area (Å²) < 4.78 is 0. The van der Waals surface area contributed by atoms with Crippen molar-refractivity contribution in [1.82, 2.24) is 0 Å². The molecule has 114 valence electrons. The van der Waals surface area contributed by atoms with Gasteiger partial charge in [0, 0.05) is 0 Å². The Bertz CT molecular complexity index is 574. The maximum Gasteiger partial charge on any atom is 0.312 e. The van der Waals surface area contributed by atoms with E-state index in [1.807, 2.05) is 60.7 Å². The SMILES string of the molecule is O=C(O)C(Pc1ccccc1)C(Pc1ccccc1)C(=O)O. The van der Waals surface area contributed by atoms with Gasteiger partial charge in [-0.2, -0.15) is 0 Å². The fourth-order valence-corrected chi connectivity index (χ4v) is 4.86. The predicted molar refractivity (Wildman–Crippen MR) is 91.6 cm³/mol. The van der Waals surface area contributed by atoms with E-state index in [-0.39, 0.29) is 17.2 Å². The zero-order valence-electron chi connectivity index (χ0n) is 11.6. The smallest absolute Gasteiger partial charge is 0.312 e. The summed E-state index contributed by atoms with van der Waals surface area (Å²) in [5, 5.41) is 20.7. The lowest BCUT2D eigenvalue weighted by Crippen LogP contribution is -2.35. The maximum atomic E-state index is 11.6. The molecule has 0 heterocycles. The molecule has 2 aromatic carbocycles. The van der Waals surface area contributed by atoms with Gasteiger partial charge in [0.15, 0.2) is 0 Å². The fraction of sp³-hybridized carbons (Fsp3) is 0.125. The molecular formula is C16H16O4P2. The molecule has 4 unspecified atom stereocenters. The first kappa shape index (κ1) is 16.6. The number of rotatable bonds is 7. The Morgan fingerprint density at radius 1 is 0.682 bits per heavy atom. The van der Waals surface area contributed by atoms with Crippen molar-refractivity contribution in [1.29, 1.82) is 0 Å². The largest absolute Gasteiger partial charge is 0.481 e. The highest BCUT2D eigenvalue weighted by atomic mass is 31.1. The average molecular weight is 334 g/mol. The molecule has 0 aliphatic rings. The van der Waals surface area contributed by atoms with Crippen molar-refractivity contribution in [3.63, 3.8) is 0 Å². The van der Waals surface area contributed by atoms with Crippen LogP contribution in [0, 0.1) is 0 Å². The molecule has 0 bridgehead atoms. The third-order valence-corrected chi connectivity index (χ3v) is 6.51. The van der Waals surface area contributed by atoms with E-state index in [1.54, 1.807) is 0 Å². The van der Waals surface area contributed by atoms with Crippen molar-refractivity contribution < 1.29 is 19.8 Å². The van der Waals surface area contributed by atoms with E-state index in [1.165, 1.54) is 0 Å². The van der Waals surface area contributed by atoms with Gasteiger partial charge in [0.1, 0.15) is 0 Å². The molecule has 0 saturated carbocycles. The molecule has 2 aromatic rings.